The van der Waals surface area contributed by atoms with Gasteiger partial charge in [-0.3, -0.25) is 4.79 Å². The second kappa shape index (κ2) is 5.21. The number of fused-ring (bicyclic) bond motifs is 1. The van der Waals surface area contributed by atoms with Gasteiger partial charge in [-0.25, -0.2) is 4.39 Å². The van der Waals surface area contributed by atoms with E-state index in [4.69, 9.17) is 0 Å². The summed E-state index contributed by atoms with van der Waals surface area (Å²) < 4.78 is 14.9. The Kier molecular flexibility index (Phi) is 3.65. The summed E-state index contributed by atoms with van der Waals surface area (Å²) in [4.78, 5) is 11.7. The molecule has 0 fully saturated rings. The fraction of sp³-hybridized carbons (Fsp3) is 0.357. The van der Waals surface area contributed by atoms with Crippen LogP contribution in [0.1, 0.15) is 13.8 Å². The minimum atomic E-state index is -0.287. The van der Waals surface area contributed by atoms with E-state index in [0.717, 1.165) is 10.9 Å². The fourth-order valence-electron chi connectivity index (χ4n) is 1.82. The zero-order chi connectivity index (χ0) is 13.1. The average Bonchev–Trinajstić information content (AvgIpc) is 2.69. The van der Waals surface area contributed by atoms with Crippen LogP contribution in [0.3, 0.4) is 0 Å². The molecule has 0 bridgehead atoms. The van der Waals surface area contributed by atoms with Crippen molar-refractivity contribution in [3.63, 3.8) is 0 Å². The van der Waals surface area contributed by atoms with Crippen molar-refractivity contribution < 1.29 is 9.18 Å². The van der Waals surface area contributed by atoms with Crippen molar-refractivity contribution in [2.75, 3.05) is 6.54 Å². The van der Waals surface area contributed by atoms with Gasteiger partial charge in [0.2, 0.25) is 5.91 Å². The molecule has 4 heteroatoms. The summed E-state index contributed by atoms with van der Waals surface area (Å²) in [6.45, 7) is 4.97. The van der Waals surface area contributed by atoms with Crippen LogP contribution in [0.5, 0.6) is 0 Å². The van der Waals surface area contributed by atoms with Gasteiger partial charge in [0.25, 0.3) is 0 Å². The maximum absolute atomic E-state index is 13.2. The number of amides is 1. The topological polar surface area (TPSA) is 34.0 Å². The quantitative estimate of drug-likeness (QED) is 0.886. The first-order chi connectivity index (χ1) is 8.56. The van der Waals surface area contributed by atoms with E-state index < -0.39 is 0 Å². The zero-order valence-electron chi connectivity index (χ0n) is 10.6. The molecule has 0 spiro atoms. The highest BCUT2D eigenvalue weighted by atomic mass is 19.1. The number of rotatable bonds is 4. The minimum Gasteiger partial charge on any atom is -0.354 e. The van der Waals surface area contributed by atoms with E-state index in [2.05, 4.69) is 5.32 Å². The van der Waals surface area contributed by atoms with Crippen LogP contribution in [0, 0.1) is 11.7 Å². The summed E-state index contributed by atoms with van der Waals surface area (Å²) in [5.41, 5.74) is 0.745. The summed E-state index contributed by atoms with van der Waals surface area (Å²) in [5, 5.41) is 3.78. The van der Waals surface area contributed by atoms with Gasteiger partial charge in [0.1, 0.15) is 12.4 Å². The Morgan fingerprint density at radius 3 is 2.89 bits per heavy atom. The van der Waals surface area contributed by atoms with Crippen molar-refractivity contribution in [3.8, 4) is 0 Å². The highest BCUT2D eigenvalue weighted by molar-refractivity contribution is 5.83. The van der Waals surface area contributed by atoms with Crippen LogP contribution < -0.4 is 5.32 Å². The van der Waals surface area contributed by atoms with Crippen LogP contribution in [0.2, 0.25) is 0 Å². The Bertz CT molecular complexity index is 560. The first-order valence-corrected chi connectivity index (χ1v) is 6.07. The number of nitrogens with zero attached hydrogens (tertiary/aromatic N) is 1. The summed E-state index contributed by atoms with van der Waals surface area (Å²) in [6.07, 6.45) is 1.80. The molecule has 1 aromatic heterocycles. The van der Waals surface area contributed by atoms with Gasteiger partial charge < -0.3 is 9.88 Å². The maximum Gasteiger partial charge on any atom is 0.239 e. The van der Waals surface area contributed by atoms with E-state index in [-0.39, 0.29) is 18.3 Å². The molecule has 1 aromatic carbocycles. The Morgan fingerprint density at radius 1 is 1.39 bits per heavy atom. The van der Waals surface area contributed by atoms with Gasteiger partial charge in [0.15, 0.2) is 0 Å². The molecule has 0 aliphatic heterocycles. The third-order valence-electron chi connectivity index (χ3n) is 2.76. The van der Waals surface area contributed by atoms with Gasteiger partial charge in [-0.2, -0.15) is 0 Å². The number of aromatic nitrogens is 1. The molecular formula is C14H17FN2O. The van der Waals surface area contributed by atoms with Crippen molar-refractivity contribution in [1.82, 2.24) is 9.88 Å². The predicted molar refractivity (Wildman–Crippen MR) is 69.7 cm³/mol. The van der Waals surface area contributed by atoms with E-state index in [1.165, 1.54) is 12.1 Å². The molecule has 0 radical (unpaired) electrons. The van der Waals surface area contributed by atoms with E-state index in [0.29, 0.717) is 12.5 Å². The van der Waals surface area contributed by atoms with Crippen LogP contribution in [-0.4, -0.2) is 17.0 Å². The van der Waals surface area contributed by atoms with E-state index in [9.17, 15) is 9.18 Å². The zero-order valence-corrected chi connectivity index (χ0v) is 10.6. The normalized spacial score (nSPS) is 11.1. The average molecular weight is 248 g/mol. The standard InChI is InChI=1S/C14H17FN2O/c1-10(2)8-16-14(18)9-17-6-5-11-3-4-12(15)7-13(11)17/h3-7,10H,8-9H2,1-2H3,(H,16,18). The Morgan fingerprint density at radius 2 is 2.17 bits per heavy atom. The highest BCUT2D eigenvalue weighted by Crippen LogP contribution is 2.16. The lowest BCUT2D eigenvalue weighted by molar-refractivity contribution is -0.121. The van der Waals surface area contributed by atoms with Crippen molar-refractivity contribution >= 4 is 16.8 Å². The molecule has 1 heterocycles. The van der Waals surface area contributed by atoms with Crippen LogP contribution in [0.15, 0.2) is 30.5 Å². The Hall–Kier alpha value is -1.84. The third-order valence-corrected chi connectivity index (χ3v) is 2.76. The highest BCUT2D eigenvalue weighted by Gasteiger charge is 2.07. The molecule has 2 aromatic rings. The molecule has 2 rings (SSSR count). The summed E-state index contributed by atoms with van der Waals surface area (Å²) >= 11 is 0. The smallest absolute Gasteiger partial charge is 0.239 e. The van der Waals surface area contributed by atoms with Crippen molar-refractivity contribution in [1.29, 1.82) is 0 Å². The molecule has 0 aliphatic rings. The molecule has 96 valence electrons. The van der Waals surface area contributed by atoms with Crippen LogP contribution in [0.4, 0.5) is 4.39 Å². The van der Waals surface area contributed by atoms with Gasteiger partial charge in [0, 0.05) is 12.7 Å². The number of halogens is 1. The molecular weight excluding hydrogens is 231 g/mol. The van der Waals surface area contributed by atoms with Crippen molar-refractivity contribution in [2.24, 2.45) is 5.92 Å². The van der Waals surface area contributed by atoms with Crippen molar-refractivity contribution in [2.45, 2.75) is 20.4 Å². The lowest BCUT2D eigenvalue weighted by Gasteiger charge is -2.09. The number of carbonyl (C=O) groups is 1. The summed E-state index contributed by atoms with van der Waals surface area (Å²) in [5.74, 6) is 0.0864. The predicted octanol–water partition coefficient (Wildman–Crippen LogP) is 2.55. The second-order valence-electron chi connectivity index (χ2n) is 4.84. The van der Waals surface area contributed by atoms with Crippen molar-refractivity contribution in [3.05, 3.63) is 36.3 Å². The molecule has 0 atom stereocenters. The molecule has 1 amide bonds. The lowest BCUT2D eigenvalue weighted by atomic mass is 10.2. The van der Waals surface area contributed by atoms with Gasteiger partial charge >= 0.3 is 0 Å². The summed E-state index contributed by atoms with van der Waals surface area (Å²) in [6, 6.07) is 6.47. The number of nitrogens with one attached hydrogen (secondary N) is 1. The van der Waals surface area contributed by atoms with Gasteiger partial charge in [-0.05, 0) is 35.6 Å². The number of hydrogen-bond acceptors (Lipinski definition) is 1. The first kappa shape index (κ1) is 12.6. The minimum absolute atomic E-state index is 0.0505. The summed E-state index contributed by atoms with van der Waals surface area (Å²) in [7, 11) is 0. The van der Waals surface area contributed by atoms with Crippen LogP contribution >= 0.6 is 0 Å². The molecule has 1 N–H and O–H groups in total. The second-order valence-corrected chi connectivity index (χ2v) is 4.84. The molecule has 18 heavy (non-hydrogen) atoms. The SMILES string of the molecule is CC(C)CNC(=O)Cn1ccc2ccc(F)cc21. The number of hydrogen-bond donors (Lipinski definition) is 1. The monoisotopic (exact) mass is 248 g/mol. The number of carbonyl (C=O) groups excluding carboxylic acids is 1. The maximum atomic E-state index is 13.2. The molecule has 0 aliphatic carbocycles. The van der Waals surface area contributed by atoms with Gasteiger partial charge in [-0.15, -0.1) is 0 Å². The van der Waals surface area contributed by atoms with Crippen LogP contribution in [-0.2, 0) is 11.3 Å². The first-order valence-electron chi connectivity index (χ1n) is 6.07. The van der Waals surface area contributed by atoms with E-state index in [1.807, 2.05) is 19.9 Å². The van der Waals surface area contributed by atoms with Gasteiger partial charge in [-0.1, -0.05) is 13.8 Å². The fourth-order valence-corrected chi connectivity index (χ4v) is 1.82. The largest absolute Gasteiger partial charge is 0.354 e. The van der Waals surface area contributed by atoms with Crippen LogP contribution in [0.25, 0.3) is 10.9 Å². The van der Waals surface area contributed by atoms with Gasteiger partial charge in [0.05, 0.1) is 5.52 Å². The third kappa shape index (κ3) is 2.88. The Balaban J connectivity index is 2.12. The lowest BCUT2D eigenvalue weighted by Crippen LogP contribution is -2.30. The van der Waals surface area contributed by atoms with E-state index in [1.54, 1.807) is 16.8 Å². The van der Waals surface area contributed by atoms with E-state index >= 15 is 0 Å². The molecule has 0 saturated heterocycles. The Labute approximate surface area is 106 Å². The molecule has 3 nitrogen and oxygen atoms in total. The number of benzene rings is 1. The molecule has 0 saturated carbocycles. The molecule has 0 unspecified atom stereocenters.